The van der Waals surface area contributed by atoms with Gasteiger partial charge >= 0.3 is 0 Å². The van der Waals surface area contributed by atoms with Crippen molar-refractivity contribution in [3.63, 3.8) is 0 Å². The predicted octanol–water partition coefficient (Wildman–Crippen LogP) is 8.84. The maximum Gasteiger partial charge on any atom is 0.134 e. The molecule has 2 saturated carbocycles. The van der Waals surface area contributed by atoms with E-state index in [1.165, 1.54) is 38.5 Å². The van der Waals surface area contributed by atoms with E-state index in [0.29, 0.717) is 17.9 Å². The van der Waals surface area contributed by atoms with Crippen LogP contribution in [-0.2, 0) is 0 Å². The van der Waals surface area contributed by atoms with Crippen molar-refractivity contribution in [2.75, 3.05) is 6.61 Å². The van der Waals surface area contributed by atoms with Gasteiger partial charge in [-0.25, -0.2) is 4.39 Å². The Balaban J connectivity index is 1.37. The monoisotopic (exact) mass is 434 g/mol. The molecule has 0 saturated heterocycles. The zero-order chi connectivity index (χ0) is 22.5. The van der Waals surface area contributed by atoms with Gasteiger partial charge < -0.3 is 4.74 Å². The molecule has 2 aliphatic carbocycles. The van der Waals surface area contributed by atoms with Crippen molar-refractivity contribution in [2.24, 2.45) is 23.7 Å². The third kappa shape index (κ3) is 5.11. The van der Waals surface area contributed by atoms with E-state index in [0.717, 1.165) is 53.2 Å². The van der Waals surface area contributed by atoms with Gasteiger partial charge in [0.2, 0.25) is 0 Å². The van der Waals surface area contributed by atoms with Crippen LogP contribution in [0.25, 0.3) is 10.8 Å². The highest BCUT2D eigenvalue weighted by atomic mass is 19.1. The van der Waals surface area contributed by atoms with E-state index in [-0.39, 0.29) is 5.82 Å². The molecule has 2 fully saturated rings. The van der Waals surface area contributed by atoms with E-state index in [2.05, 4.69) is 38.6 Å². The van der Waals surface area contributed by atoms with Gasteiger partial charge in [-0.15, -0.1) is 0 Å². The van der Waals surface area contributed by atoms with Gasteiger partial charge in [-0.1, -0.05) is 43.9 Å². The molecule has 0 aliphatic heterocycles. The van der Waals surface area contributed by atoms with Gasteiger partial charge in [-0.2, -0.15) is 0 Å². The van der Waals surface area contributed by atoms with Crippen molar-refractivity contribution in [1.29, 1.82) is 0 Å². The number of hydrogen-bond donors (Lipinski definition) is 0. The van der Waals surface area contributed by atoms with Gasteiger partial charge in [0.05, 0.1) is 0 Å². The molecule has 1 atom stereocenters. The first-order valence-corrected chi connectivity index (χ1v) is 12.7. The van der Waals surface area contributed by atoms with Crippen molar-refractivity contribution in [3.05, 3.63) is 66.5 Å². The summed E-state index contributed by atoms with van der Waals surface area (Å²) >= 11 is 0. The van der Waals surface area contributed by atoms with Crippen LogP contribution >= 0.6 is 0 Å². The summed E-state index contributed by atoms with van der Waals surface area (Å²) in [6.45, 7) is 8.78. The van der Waals surface area contributed by atoms with Crippen LogP contribution in [0.1, 0.15) is 76.7 Å². The fourth-order valence-corrected chi connectivity index (χ4v) is 6.32. The molecule has 2 aliphatic rings. The van der Waals surface area contributed by atoms with Gasteiger partial charge in [0, 0.05) is 5.39 Å². The Bertz CT molecular complexity index is 929. The third-order valence-electron chi connectivity index (χ3n) is 8.30. The van der Waals surface area contributed by atoms with Gasteiger partial charge in [-0.3, -0.25) is 0 Å². The highest BCUT2D eigenvalue weighted by molar-refractivity contribution is 5.85. The van der Waals surface area contributed by atoms with E-state index in [9.17, 15) is 0 Å². The number of ether oxygens (including phenoxy) is 1. The summed E-state index contributed by atoms with van der Waals surface area (Å²) in [7, 11) is 0. The number of hydrogen-bond acceptors (Lipinski definition) is 1. The normalized spacial score (nSPS) is 27.5. The summed E-state index contributed by atoms with van der Waals surface area (Å²) in [6.07, 6.45) is 16.5. The minimum absolute atomic E-state index is 0.0310. The quantitative estimate of drug-likeness (QED) is 0.395. The number of rotatable bonds is 7. The molecule has 0 amide bonds. The Kier molecular flexibility index (Phi) is 7.71. The molecule has 1 nitrogen and oxygen atoms in total. The largest absolute Gasteiger partial charge is 0.490 e. The fourth-order valence-electron chi connectivity index (χ4n) is 6.32. The average Bonchev–Trinajstić information content (AvgIpc) is 2.83. The van der Waals surface area contributed by atoms with E-state index in [1.807, 2.05) is 24.3 Å². The minimum atomic E-state index is -0.0310. The van der Waals surface area contributed by atoms with Crippen molar-refractivity contribution in [2.45, 2.75) is 71.1 Å². The van der Waals surface area contributed by atoms with Crippen molar-refractivity contribution >= 4 is 10.8 Å². The highest BCUT2D eigenvalue weighted by Crippen LogP contribution is 2.45. The van der Waals surface area contributed by atoms with E-state index in [4.69, 9.17) is 4.74 Å². The summed E-state index contributed by atoms with van der Waals surface area (Å²) < 4.78 is 21.0. The van der Waals surface area contributed by atoms with Crippen LogP contribution < -0.4 is 4.74 Å². The van der Waals surface area contributed by atoms with Crippen LogP contribution in [0.3, 0.4) is 0 Å². The summed E-state index contributed by atoms with van der Waals surface area (Å²) in [4.78, 5) is 0. The maximum absolute atomic E-state index is 15.4. The molecule has 0 radical (unpaired) electrons. The average molecular weight is 435 g/mol. The lowest BCUT2D eigenvalue weighted by atomic mass is 9.67. The Morgan fingerprint density at radius 2 is 1.69 bits per heavy atom. The van der Waals surface area contributed by atoms with Crippen LogP contribution in [-0.4, -0.2) is 6.61 Å². The number of fused-ring (bicyclic) bond motifs is 1. The second-order valence-corrected chi connectivity index (χ2v) is 10.1. The van der Waals surface area contributed by atoms with E-state index in [1.54, 1.807) is 6.08 Å². The van der Waals surface area contributed by atoms with E-state index < -0.39 is 0 Å². The molecule has 4 rings (SSSR count). The molecule has 0 spiro atoms. The fraction of sp³-hybridized carbons (Fsp3) is 0.533. The first kappa shape index (κ1) is 23.1. The molecule has 0 heterocycles. The molecular formula is C30H39FO. The second kappa shape index (κ2) is 10.7. The highest BCUT2D eigenvalue weighted by Gasteiger charge is 2.33. The van der Waals surface area contributed by atoms with Crippen LogP contribution in [0.4, 0.5) is 4.39 Å². The van der Waals surface area contributed by atoms with Gasteiger partial charge in [-0.05, 0) is 117 Å². The van der Waals surface area contributed by atoms with Crippen LogP contribution in [0.15, 0.2) is 55.1 Å². The minimum Gasteiger partial charge on any atom is -0.490 e. The summed E-state index contributed by atoms with van der Waals surface area (Å²) in [5.41, 5.74) is 0.912. The molecule has 32 heavy (non-hydrogen) atoms. The first-order valence-electron chi connectivity index (χ1n) is 12.7. The molecular weight excluding hydrogens is 395 g/mol. The smallest absolute Gasteiger partial charge is 0.134 e. The first-order chi connectivity index (χ1) is 15.6. The molecule has 1 unspecified atom stereocenters. The molecule has 0 aromatic heterocycles. The van der Waals surface area contributed by atoms with Crippen LogP contribution in [0.5, 0.6) is 5.75 Å². The summed E-state index contributed by atoms with van der Waals surface area (Å²) in [5.74, 6) is 4.38. The van der Waals surface area contributed by atoms with Crippen molar-refractivity contribution in [3.8, 4) is 5.75 Å². The zero-order valence-corrected chi connectivity index (χ0v) is 19.9. The zero-order valence-electron chi connectivity index (χ0n) is 19.9. The Morgan fingerprint density at radius 3 is 2.34 bits per heavy atom. The Morgan fingerprint density at radius 1 is 1.00 bits per heavy atom. The number of allylic oxidation sites excluding steroid dienone is 2. The second-order valence-electron chi connectivity index (χ2n) is 10.1. The standard InChI is InChI=1S/C30H39FO/c1-4-6-22-7-9-23(10-8-22)21(3)24-11-13-25(14-12-24)28-17-15-26-20-27(32-19-5-2)16-18-29(26)30(28)31/h4-6,15-18,20-25H,2,7-14,19H2,1,3H3/b6-4+. The molecule has 2 aromatic rings. The van der Waals surface area contributed by atoms with Crippen molar-refractivity contribution in [1.82, 2.24) is 0 Å². The topological polar surface area (TPSA) is 9.23 Å². The van der Waals surface area contributed by atoms with Gasteiger partial charge in [0.1, 0.15) is 18.2 Å². The van der Waals surface area contributed by atoms with Crippen molar-refractivity contribution < 1.29 is 9.13 Å². The number of halogens is 1. The summed E-state index contributed by atoms with van der Waals surface area (Å²) in [5, 5.41) is 1.62. The van der Waals surface area contributed by atoms with Gasteiger partial charge in [0.25, 0.3) is 0 Å². The van der Waals surface area contributed by atoms with Crippen LogP contribution in [0, 0.1) is 29.5 Å². The lowest BCUT2D eigenvalue weighted by Gasteiger charge is -2.39. The van der Waals surface area contributed by atoms with Crippen LogP contribution in [0.2, 0.25) is 0 Å². The maximum atomic E-state index is 15.4. The molecule has 172 valence electrons. The molecule has 2 aromatic carbocycles. The van der Waals surface area contributed by atoms with Gasteiger partial charge in [0.15, 0.2) is 0 Å². The lowest BCUT2D eigenvalue weighted by Crippen LogP contribution is -2.28. The molecule has 2 heteroatoms. The van der Waals surface area contributed by atoms with E-state index >= 15 is 4.39 Å². The number of benzene rings is 2. The molecule has 0 N–H and O–H groups in total. The summed E-state index contributed by atoms with van der Waals surface area (Å²) in [6, 6.07) is 9.74. The lowest BCUT2D eigenvalue weighted by molar-refractivity contribution is 0.142. The Labute approximate surface area is 193 Å². The third-order valence-corrected chi connectivity index (χ3v) is 8.30. The molecule has 0 bridgehead atoms. The predicted molar refractivity (Wildman–Crippen MR) is 134 cm³/mol. The SMILES string of the molecule is C=CCOc1ccc2c(F)c(C3CCC(C(C)C4CCC(/C=C/C)CC4)CC3)ccc2c1. The Hall–Kier alpha value is -2.09.